The number of halogens is 6. The molecule has 0 saturated heterocycles. The fourth-order valence-corrected chi connectivity index (χ4v) is 2.73. The molecular weight excluding hydrogens is 390 g/mol. The normalized spacial score (nSPS) is 14.4. The van der Waals surface area contributed by atoms with E-state index in [0.717, 1.165) is 6.07 Å². The summed E-state index contributed by atoms with van der Waals surface area (Å²) in [5, 5.41) is 9.12. The first kappa shape index (κ1) is 22.5. The van der Waals surface area contributed by atoms with E-state index in [0.29, 0.717) is 6.54 Å². The molecule has 0 spiro atoms. The largest absolute Gasteiger partial charge is 0.440 e. The highest BCUT2D eigenvalue weighted by Gasteiger charge is 2.38. The average molecular weight is 412 g/mol. The molecule has 28 heavy (non-hydrogen) atoms. The molecule has 1 aromatic heterocycles. The molecule has 0 aliphatic heterocycles. The molecule has 0 unspecified atom stereocenters. The lowest BCUT2D eigenvalue weighted by molar-refractivity contribution is -0.206. The van der Waals surface area contributed by atoms with E-state index in [1.54, 1.807) is 20.8 Å². The van der Waals surface area contributed by atoms with Crippen LogP contribution in [0.25, 0.3) is 11.1 Å². The number of alkyl halides is 6. The number of benzene rings is 1. The minimum Gasteiger partial charge on any atom is -0.440 e. The molecular formula is C18H22F6N2O2. The van der Waals surface area contributed by atoms with Gasteiger partial charge in [0.2, 0.25) is 0 Å². The van der Waals surface area contributed by atoms with Gasteiger partial charge in [-0.2, -0.15) is 26.3 Å². The molecule has 0 amide bonds. The summed E-state index contributed by atoms with van der Waals surface area (Å²) in [5.74, 6) is -0.0220. The maximum Gasteiger partial charge on any atom is 0.420 e. The summed E-state index contributed by atoms with van der Waals surface area (Å²) >= 11 is 0. The van der Waals surface area contributed by atoms with Crippen LogP contribution in [0, 0.1) is 0 Å². The Morgan fingerprint density at radius 2 is 1.79 bits per heavy atom. The number of aliphatic hydroxyl groups is 1. The quantitative estimate of drug-likeness (QED) is 0.643. The van der Waals surface area contributed by atoms with Gasteiger partial charge in [-0.1, -0.05) is 20.8 Å². The third-order valence-electron chi connectivity index (χ3n) is 4.32. The van der Waals surface area contributed by atoms with E-state index >= 15 is 0 Å². The van der Waals surface area contributed by atoms with Crippen LogP contribution in [0.5, 0.6) is 0 Å². The standard InChI is InChI=1S/C18H22F6N2O2/c1-4-26(6-5-14(27)18(22,23)24)9-11-7-12(17(19,20)21)15-13(8-11)25-16(28-15)10(2)3/h7-8,10,14,27H,4-6,9H2,1-3H3/t14-/m1/s1. The van der Waals surface area contributed by atoms with E-state index in [2.05, 4.69) is 4.98 Å². The summed E-state index contributed by atoms with van der Waals surface area (Å²) in [4.78, 5) is 5.64. The Hall–Kier alpha value is -1.81. The maximum absolute atomic E-state index is 13.5. The smallest absolute Gasteiger partial charge is 0.420 e. The van der Waals surface area contributed by atoms with Crippen LogP contribution in [0.2, 0.25) is 0 Å². The van der Waals surface area contributed by atoms with Crippen LogP contribution in [-0.2, 0) is 12.7 Å². The van der Waals surface area contributed by atoms with Gasteiger partial charge in [0.15, 0.2) is 17.6 Å². The Kier molecular flexibility index (Phi) is 6.65. The second-order valence-corrected chi connectivity index (χ2v) is 6.91. The molecule has 0 radical (unpaired) electrons. The molecule has 0 saturated carbocycles. The van der Waals surface area contributed by atoms with Crippen molar-refractivity contribution in [3.63, 3.8) is 0 Å². The average Bonchev–Trinajstić information content (AvgIpc) is 2.99. The van der Waals surface area contributed by atoms with Crippen molar-refractivity contribution in [3.8, 4) is 0 Å². The van der Waals surface area contributed by atoms with Crippen LogP contribution in [0.4, 0.5) is 26.3 Å². The van der Waals surface area contributed by atoms with Crippen molar-refractivity contribution in [3.05, 3.63) is 29.2 Å². The Bertz CT molecular complexity index is 798. The minimum absolute atomic E-state index is 0.00995. The summed E-state index contributed by atoms with van der Waals surface area (Å²) in [6, 6.07) is 2.38. The molecule has 2 rings (SSSR count). The molecule has 1 N–H and O–H groups in total. The second-order valence-electron chi connectivity index (χ2n) is 6.91. The van der Waals surface area contributed by atoms with Gasteiger partial charge in [-0.25, -0.2) is 4.98 Å². The van der Waals surface area contributed by atoms with Crippen LogP contribution in [0.3, 0.4) is 0 Å². The number of aromatic nitrogens is 1. The van der Waals surface area contributed by atoms with Crippen LogP contribution in [0.15, 0.2) is 16.5 Å². The van der Waals surface area contributed by atoms with Gasteiger partial charge < -0.3 is 9.52 Å². The van der Waals surface area contributed by atoms with Crippen molar-refractivity contribution >= 4 is 11.1 Å². The number of oxazole rings is 1. The van der Waals surface area contributed by atoms with Crippen LogP contribution in [-0.4, -0.2) is 40.4 Å². The monoisotopic (exact) mass is 412 g/mol. The van der Waals surface area contributed by atoms with Crippen LogP contribution >= 0.6 is 0 Å². The maximum atomic E-state index is 13.5. The molecule has 1 aromatic carbocycles. The van der Waals surface area contributed by atoms with E-state index in [-0.39, 0.29) is 41.6 Å². The fraction of sp³-hybridized carbons (Fsp3) is 0.611. The first-order chi connectivity index (χ1) is 12.8. The van der Waals surface area contributed by atoms with Gasteiger partial charge in [0, 0.05) is 19.0 Å². The summed E-state index contributed by atoms with van der Waals surface area (Å²) < 4.78 is 83.0. The molecule has 4 nitrogen and oxygen atoms in total. The molecule has 0 bridgehead atoms. The second kappa shape index (κ2) is 8.28. The van der Waals surface area contributed by atoms with Crippen molar-refractivity contribution < 1.29 is 35.9 Å². The van der Waals surface area contributed by atoms with Gasteiger partial charge in [-0.15, -0.1) is 0 Å². The Morgan fingerprint density at radius 1 is 1.14 bits per heavy atom. The predicted molar refractivity (Wildman–Crippen MR) is 90.7 cm³/mol. The highest BCUT2D eigenvalue weighted by molar-refractivity contribution is 5.78. The van der Waals surface area contributed by atoms with Crippen molar-refractivity contribution in [2.24, 2.45) is 0 Å². The van der Waals surface area contributed by atoms with Gasteiger partial charge in [0.1, 0.15) is 11.1 Å². The Labute approximate surface area is 158 Å². The Morgan fingerprint density at radius 3 is 2.29 bits per heavy atom. The summed E-state index contributed by atoms with van der Waals surface area (Å²) in [6.07, 6.45) is -12.4. The molecule has 158 valence electrons. The van der Waals surface area contributed by atoms with Gasteiger partial charge in [0.05, 0.1) is 0 Å². The van der Waals surface area contributed by atoms with E-state index in [1.807, 2.05) is 0 Å². The van der Waals surface area contributed by atoms with E-state index < -0.39 is 30.4 Å². The first-order valence-corrected chi connectivity index (χ1v) is 8.80. The number of hydrogen-bond acceptors (Lipinski definition) is 4. The number of nitrogens with zero attached hydrogens (tertiary/aromatic N) is 2. The van der Waals surface area contributed by atoms with Crippen molar-refractivity contribution in [1.82, 2.24) is 9.88 Å². The van der Waals surface area contributed by atoms with Crippen LogP contribution in [0.1, 0.15) is 50.1 Å². The molecule has 10 heteroatoms. The zero-order chi connectivity index (χ0) is 21.3. The number of rotatable bonds is 7. The molecule has 1 heterocycles. The summed E-state index contributed by atoms with van der Waals surface area (Å²) in [6.45, 7) is 5.33. The lowest BCUT2D eigenvalue weighted by atomic mass is 10.1. The van der Waals surface area contributed by atoms with Crippen molar-refractivity contribution in [1.29, 1.82) is 0 Å². The Balaban J connectivity index is 2.30. The third-order valence-corrected chi connectivity index (χ3v) is 4.32. The molecule has 1 atom stereocenters. The zero-order valence-electron chi connectivity index (χ0n) is 15.7. The molecule has 2 aromatic rings. The third kappa shape index (κ3) is 5.38. The van der Waals surface area contributed by atoms with Gasteiger partial charge in [-0.05, 0) is 30.7 Å². The highest BCUT2D eigenvalue weighted by atomic mass is 19.4. The summed E-state index contributed by atoms with van der Waals surface area (Å²) in [5.41, 5.74) is -1.01. The van der Waals surface area contributed by atoms with Gasteiger partial charge in [-0.3, -0.25) is 4.90 Å². The van der Waals surface area contributed by atoms with E-state index in [9.17, 15) is 26.3 Å². The van der Waals surface area contributed by atoms with Gasteiger partial charge in [0.25, 0.3) is 0 Å². The molecule has 0 aliphatic rings. The molecule has 0 aliphatic carbocycles. The predicted octanol–water partition coefficient (Wildman–Crippen LogP) is 5.11. The van der Waals surface area contributed by atoms with Crippen molar-refractivity contribution in [2.75, 3.05) is 13.1 Å². The SMILES string of the molecule is CCN(CC[C@@H](O)C(F)(F)F)Cc1cc(C(F)(F)F)c2oc(C(C)C)nc2c1. The lowest BCUT2D eigenvalue weighted by Gasteiger charge is -2.23. The zero-order valence-corrected chi connectivity index (χ0v) is 15.7. The number of hydrogen-bond donors (Lipinski definition) is 1. The number of aliphatic hydroxyl groups excluding tert-OH is 1. The lowest BCUT2D eigenvalue weighted by Crippen LogP contribution is -2.34. The van der Waals surface area contributed by atoms with E-state index in [1.165, 1.54) is 11.0 Å². The first-order valence-electron chi connectivity index (χ1n) is 8.80. The van der Waals surface area contributed by atoms with Crippen LogP contribution < -0.4 is 0 Å². The topological polar surface area (TPSA) is 49.5 Å². The van der Waals surface area contributed by atoms with E-state index in [4.69, 9.17) is 9.52 Å². The fourth-order valence-electron chi connectivity index (χ4n) is 2.73. The van der Waals surface area contributed by atoms with Crippen molar-refractivity contribution in [2.45, 2.75) is 58.1 Å². The highest BCUT2D eigenvalue weighted by Crippen LogP contribution is 2.37. The molecule has 0 fully saturated rings. The minimum atomic E-state index is -4.73. The van der Waals surface area contributed by atoms with Gasteiger partial charge >= 0.3 is 12.4 Å². The number of fused-ring (bicyclic) bond motifs is 1. The summed E-state index contributed by atoms with van der Waals surface area (Å²) in [7, 11) is 0.